The molecule has 1 atom stereocenters. The number of methoxy groups -OCH3 is 1. The van der Waals surface area contributed by atoms with Crippen LogP contribution in [0.1, 0.15) is 37.8 Å². The van der Waals surface area contributed by atoms with Gasteiger partial charge in [0.15, 0.2) is 11.6 Å². The lowest BCUT2D eigenvalue weighted by Crippen LogP contribution is -2.27. The van der Waals surface area contributed by atoms with Crippen LogP contribution in [0.5, 0.6) is 5.75 Å². The number of nitrogens with one attached hydrogen (secondary N) is 1. The fourth-order valence-corrected chi connectivity index (χ4v) is 2.37. The fraction of sp³-hybridized carbons (Fsp3) is 0.600. The van der Waals surface area contributed by atoms with E-state index in [1.54, 1.807) is 6.07 Å². The monoisotopic (exact) mass is 267 g/mol. The highest BCUT2D eigenvalue weighted by molar-refractivity contribution is 5.30. The number of hydrogen-bond acceptors (Lipinski definition) is 3. The fourth-order valence-electron chi connectivity index (χ4n) is 2.37. The van der Waals surface area contributed by atoms with Crippen molar-refractivity contribution in [2.45, 2.75) is 32.2 Å². The molecule has 0 spiro atoms. The average molecular weight is 267 g/mol. The molecule has 0 aromatic heterocycles. The van der Waals surface area contributed by atoms with Gasteiger partial charge in [-0.2, -0.15) is 0 Å². The second-order valence-electron chi connectivity index (χ2n) is 5.47. The van der Waals surface area contributed by atoms with Crippen molar-refractivity contribution in [1.29, 1.82) is 0 Å². The maximum atomic E-state index is 13.6. The van der Waals surface area contributed by atoms with E-state index in [4.69, 9.17) is 9.84 Å². The van der Waals surface area contributed by atoms with Crippen LogP contribution in [-0.4, -0.2) is 25.4 Å². The lowest BCUT2D eigenvalue weighted by molar-refractivity contribution is 0.243. The number of aliphatic hydroxyl groups excluding tert-OH is 1. The Morgan fingerprint density at radius 3 is 2.74 bits per heavy atom. The Labute approximate surface area is 113 Å². The van der Waals surface area contributed by atoms with Crippen LogP contribution < -0.4 is 10.1 Å². The number of hydrogen-bond donors (Lipinski definition) is 2. The third-order valence-corrected chi connectivity index (χ3v) is 4.06. The van der Waals surface area contributed by atoms with Crippen LogP contribution in [0.2, 0.25) is 0 Å². The first-order chi connectivity index (χ1) is 9.10. The highest BCUT2D eigenvalue weighted by Crippen LogP contribution is 2.48. The second kappa shape index (κ2) is 5.88. The van der Waals surface area contributed by atoms with Gasteiger partial charge in [-0.15, -0.1) is 0 Å². The molecule has 0 aliphatic heterocycles. The minimum atomic E-state index is -0.329. The molecule has 0 radical (unpaired) electrons. The van der Waals surface area contributed by atoms with E-state index >= 15 is 0 Å². The molecule has 1 saturated carbocycles. The smallest absolute Gasteiger partial charge is 0.165 e. The van der Waals surface area contributed by atoms with E-state index in [1.807, 2.05) is 13.0 Å². The average Bonchev–Trinajstić information content (AvgIpc) is 3.16. The van der Waals surface area contributed by atoms with E-state index in [2.05, 4.69) is 5.32 Å². The van der Waals surface area contributed by atoms with E-state index < -0.39 is 0 Å². The summed E-state index contributed by atoms with van der Waals surface area (Å²) in [7, 11) is 1.46. The van der Waals surface area contributed by atoms with Crippen molar-refractivity contribution in [2.75, 3.05) is 20.3 Å². The molecule has 0 bridgehead atoms. The minimum absolute atomic E-state index is 0.0940. The molecule has 1 aromatic carbocycles. The van der Waals surface area contributed by atoms with Crippen LogP contribution in [0, 0.1) is 11.2 Å². The Hall–Kier alpha value is -1.13. The van der Waals surface area contributed by atoms with Crippen molar-refractivity contribution in [1.82, 2.24) is 5.32 Å². The predicted molar refractivity (Wildman–Crippen MR) is 72.7 cm³/mol. The van der Waals surface area contributed by atoms with E-state index in [9.17, 15) is 4.39 Å². The van der Waals surface area contributed by atoms with Crippen molar-refractivity contribution < 1.29 is 14.2 Å². The predicted octanol–water partition coefficient (Wildman–Crippen LogP) is 2.65. The summed E-state index contributed by atoms with van der Waals surface area (Å²) in [6.45, 7) is 3.14. The number of aliphatic hydroxyl groups is 1. The molecule has 3 nitrogen and oxygen atoms in total. The van der Waals surface area contributed by atoms with Crippen LogP contribution in [-0.2, 0) is 0 Å². The van der Waals surface area contributed by atoms with Gasteiger partial charge in [-0.3, -0.25) is 0 Å². The molecule has 106 valence electrons. The third kappa shape index (κ3) is 3.45. The Balaban J connectivity index is 1.93. The summed E-state index contributed by atoms with van der Waals surface area (Å²) in [5.74, 6) is -0.0555. The Bertz CT molecular complexity index is 432. The number of rotatable bonds is 7. The summed E-state index contributed by atoms with van der Waals surface area (Å²) in [5, 5.41) is 12.5. The minimum Gasteiger partial charge on any atom is -0.494 e. The molecular formula is C15H22FNO2. The molecule has 2 rings (SSSR count). The first-order valence-corrected chi connectivity index (χ1v) is 6.78. The molecule has 1 unspecified atom stereocenters. The lowest BCUT2D eigenvalue weighted by atomic mass is 10.0. The summed E-state index contributed by atoms with van der Waals surface area (Å²) in [4.78, 5) is 0. The molecule has 1 fully saturated rings. The van der Waals surface area contributed by atoms with E-state index in [-0.39, 0.29) is 29.6 Å². The van der Waals surface area contributed by atoms with Gasteiger partial charge in [0.1, 0.15) is 0 Å². The van der Waals surface area contributed by atoms with Gasteiger partial charge < -0.3 is 15.2 Å². The van der Waals surface area contributed by atoms with Gasteiger partial charge in [0.05, 0.1) is 7.11 Å². The first-order valence-electron chi connectivity index (χ1n) is 6.78. The maximum absolute atomic E-state index is 13.6. The van der Waals surface area contributed by atoms with Crippen LogP contribution in [0.4, 0.5) is 4.39 Å². The molecule has 1 aromatic rings. The SMILES string of the molecule is COc1ccc(C(C)NCC2(CCO)CC2)cc1F. The largest absolute Gasteiger partial charge is 0.494 e. The van der Waals surface area contributed by atoms with Crippen molar-refractivity contribution in [2.24, 2.45) is 5.41 Å². The van der Waals surface area contributed by atoms with Gasteiger partial charge in [0.2, 0.25) is 0 Å². The zero-order valence-electron chi connectivity index (χ0n) is 11.6. The third-order valence-electron chi connectivity index (χ3n) is 4.06. The summed E-state index contributed by atoms with van der Waals surface area (Å²) < 4.78 is 18.5. The molecule has 1 aliphatic rings. The topological polar surface area (TPSA) is 41.5 Å². The molecular weight excluding hydrogens is 245 g/mol. The van der Waals surface area contributed by atoms with Crippen LogP contribution in [0.25, 0.3) is 0 Å². The molecule has 0 saturated heterocycles. The zero-order chi connectivity index (χ0) is 13.9. The number of ether oxygens (including phenoxy) is 1. The Morgan fingerprint density at radius 1 is 1.47 bits per heavy atom. The van der Waals surface area contributed by atoms with Gasteiger partial charge in [0.25, 0.3) is 0 Å². The van der Waals surface area contributed by atoms with Gasteiger partial charge in [-0.05, 0) is 49.3 Å². The highest BCUT2D eigenvalue weighted by atomic mass is 19.1. The Kier molecular flexibility index (Phi) is 4.42. The van der Waals surface area contributed by atoms with Crippen molar-refractivity contribution >= 4 is 0 Å². The van der Waals surface area contributed by atoms with Gasteiger partial charge >= 0.3 is 0 Å². The summed E-state index contributed by atoms with van der Waals surface area (Å²) in [6.07, 6.45) is 3.19. The number of benzene rings is 1. The normalized spacial score (nSPS) is 18.1. The first kappa shape index (κ1) is 14.3. The van der Waals surface area contributed by atoms with Crippen molar-refractivity contribution in [3.8, 4) is 5.75 Å². The zero-order valence-corrected chi connectivity index (χ0v) is 11.6. The van der Waals surface area contributed by atoms with Crippen LogP contribution >= 0.6 is 0 Å². The van der Waals surface area contributed by atoms with Gasteiger partial charge in [-0.25, -0.2) is 4.39 Å². The summed E-state index contributed by atoms with van der Waals surface area (Å²) in [6, 6.07) is 5.15. The van der Waals surface area contributed by atoms with E-state index in [0.29, 0.717) is 0 Å². The maximum Gasteiger partial charge on any atom is 0.165 e. The van der Waals surface area contributed by atoms with Crippen molar-refractivity contribution in [3.05, 3.63) is 29.6 Å². The summed E-state index contributed by atoms with van der Waals surface area (Å²) in [5.41, 5.74) is 1.19. The van der Waals surface area contributed by atoms with Crippen molar-refractivity contribution in [3.63, 3.8) is 0 Å². The van der Waals surface area contributed by atoms with Gasteiger partial charge in [-0.1, -0.05) is 6.07 Å². The molecule has 4 heteroatoms. The number of halogens is 1. The summed E-state index contributed by atoms with van der Waals surface area (Å²) >= 11 is 0. The Morgan fingerprint density at radius 2 is 2.21 bits per heavy atom. The molecule has 19 heavy (non-hydrogen) atoms. The quantitative estimate of drug-likeness (QED) is 0.798. The molecule has 0 amide bonds. The van der Waals surface area contributed by atoms with Crippen LogP contribution in [0.3, 0.4) is 0 Å². The van der Waals surface area contributed by atoms with Gasteiger partial charge in [0, 0.05) is 19.2 Å². The van der Waals surface area contributed by atoms with E-state index in [1.165, 1.54) is 26.0 Å². The van der Waals surface area contributed by atoms with E-state index in [0.717, 1.165) is 18.5 Å². The molecule has 1 aliphatic carbocycles. The van der Waals surface area contributed by atoms with Crippen LogP contribution in [0.15, 0.2) is 18.2 Å². The lowest BCUT2D eigenvalue weighted by Gasteiger charge is -2.20. The second-order valence-corrected chi connectivity index (χ2v) is 5.47. The molecule has 0 heterocycles. The standard InChI is InChI=1S/C15H22FNO2/c1-11(17-10-15(5-6-15)7-8-18)12-3-4-14(19-2)13(16)9-12/h3-4,9,11,17-18H,5-8,10H2,1-2H3. The molecule has 2 N–H and O–H groups in total. The highest BCUT2D eigenvalue weighted by Gasteiger charge is 2.41.